The third-order valence-corrected chi connectivity index (χ3v) is 2.06. The maximum Gasteiger partial charge on any atom is 0.328 e. The zero-order valence-electron chi connectivity index (χ0n) is 8.80. The van der Waals surface area contributed by atoms with Gasteiger partial charge in [0.25, 0.3) is 0 Å². The van der Waals surface area contributed by atoms with Crippen molar-refractivity contribution >= 4 is 17.8 Å². The summed E-state index contributed by atoms with van der Waals surface area (Å²) in [4.78, 5) is 21.7. The summed E-state index contributed by atoms with van der Waals surface area (Å²) in [7, 11) is 0. The lowest BCUT2D eigenvalue weighted by molar-refractivity contribution is -0.131. The second kappa shape index (κ2) is 5.11. The highest BCUT2D eigenvalue weighted by molar-refractivity contribution is 5.99. The standard InChI is InChI=1S/C12H12O4/c1-2-10(13)9-7-8(3-5-11(9)14)4-6-12(15)16/h3-7,14H,2H2,1H3,(H,15,16). The minimum absolute atomic E-state index is 0.0840. The molecule has 2 N–H and O–H groups in total. The van der Waals surface area contributed by atoms with Crippen LogP contribution >= 0.6 is 0 Å². The Hall–Kier alpha value is -2.10. The summed E-state index contributed by atoms with van der Waals surface area (Å²) < 4.78 is 0. The Bertz CT molecular complexity index is 446. The predicted molar refractivity (Wildman–Crippen MR) is 59.4 cm³/mol. The number of carbonyl (C=O) groups is 2. The van der Waals surface area contributed by atoms with Gasteiger partial charge in [0.15, 0.2) is 5.78 Å². The topological polar surface area (TPSA) is 74.6 Å². The molecule has 1 aromatic carbocycles. The molecule has 0 spiro atoms. The van der Waals surface area contributed by atoms with E-state index in [1.807, 2.05) is 0 Å². The van der Waals surface area contributed by atoms with Gasteiger partial charge in [-0.3, -0.25) is 4.79 Å². The van der Waals surface area contributed by atoms with Crippen LogP contribution in [0.5, 0.6) is 5.75 Å². The van der Waals surface area contributed by atoms with Crippen molar-refractivity contribution in [2.75, 3.05) is 0 Å². The van der Waals surface area contributed by atoms with Crippen molar-refractivity contribution in [1.82, 2.24) is 0 Å². The molecular formula is C12H12O4. The van der Waals surface area contributed by atoms with E-state index in [-0.39, 0.29) is 17.1 Å². The highest BCUT2D eigenvalue weighted by Gasteiger charge is 2.08. The first kappa shape index (κ1) is 12.0. The fourth-order valence-electron chi connectivity index (χ4n) is 1.24. The molecule has 16 heavy (non-hydrogen) atoms. The number of hydrogen-bond acceptors (Lipinski definition) is 3. The Morgan fingerprint density at radius 3 is 2.62 bits per heavy atom. The van der Waals surface area contributed by atoms with Gasteiger partial charge in [0.1, 0.15) is 5.75 Å². The van der Waals surface area contributed by atoms with E-state index >= 15 is 0 Å². The normalized spacial score (nSPS) is 10.6. The molecule has 0 bridgehead atoms. The van der Waals surface area contributed by atoms with E-state index in [1.54, 1.807) is 13.0 Å². The van der Waals surface area contributed by atoms with Crippen LogP contribution in [0, 0.1) is 0 Å². The molecule has 84 valence electrons. The van der Waals surface area contributed by atoms with Crippen LogP contribution in [0.25, 0.3) is 6.08 Å². The van der Waals surface area contributed by atoms with Gasteiger partial charge in [-0.15, -0.1) is 0 Å². The average Bonchev–Trinajstić information content (AvgIpc) is 2.27. The first-order valence-corrected chi connectivity index (χ1v) is 4.81. The highest BCUT2D eigenvalue weighted by atomic mass is 16.4. The van der Waals surface area contributed by atoms with Crippen molar-refractivity contribution in [3.8, 4) is 5.75 Å². The van der Waals surface area contributed by atoms with Crippen LogP contribution in [0.1, 0.15) is 29.3 Å². The SMILES string of the molecule is CCC(=O)c1cc(C=CC(=O)O)ccc1O. The number of aliphatic carboxylic acids is 1. The van der Waals surface area contributed by atoms with Gasteiger partial charge in [0.05, 0.1) is 5.56 Å². The summed E-state index contributed by atoms with van der Waals surface area (Å²) in [6.07, 6.45) is 2.64. The minimum atomic E-state index is -1.06. The summed E-state index contributed by atoms with van der Waals surface area (Å²) in [6.45, 7) is 1.70. The number of Topliss-reactive ketones (excluding diaryl/α,β-unsaturated/α-hetero) is 1. The fraction of sp³-hybridized carbons (Fsp3) is 0.167. The van der Waals surface area contributed by atoms with Gasteiger partial charge in [-0.05, 0) is 23.8 Å². The fourth-order valence-corrected chi connectivity index (χ4v) is 1.24. The van der Waals surface area contributed by atoms with Crippen molar-refractivity contribution in [3.63, 3.8) is 0 Å². The lowest BCUT2D eigenvalue weighted by Gasteiger charge is -2.03. The molecule has 0 aliphatic heterocycles. The van der Waals surface area contributed by atoms with E-state index < -0.39 is 5.97 Å². The van der Waals surface area contributed by atoms with E-state index in [2.05, 4.69) is 0 Å². The van der Waals surface area contributed by atoms with Gasteiger partial charge < -0.3 is 10.2 Å². The summed E-state index contributed by atoms with van der Waals surface area (Å²) in [5, 5.41) is 17.9. The van der Waals surface area contributed by atoms with Crippen LogP contribution < -0.4 is 0 Å². The summed E-state index contributed by atoms with van der Waals surface area (Å²) >= 11 is 0. The third kappa shape index (κ3) is 2.95. The molecule has 0 saturated carbocycles. The number of phenolic OH excluding ortho intramolecular Hbond substituents is 1. The zero-order chi connectivity index (χ0) is 12.1. The molecule has 4 nitrogen and oxygen atoms in total. The van der Waals surface area contributed by atoms with Crippen LogP contribution in [0.3, 0.4) is 0 Å². The Kier molecular flexibility index (Phi) is 3.83. The number of ketones is 1. The van der Waals surface area contributed by atoms with Crippen molar-refractivity contribution < 1.29 is 19.8 Å². The van der Waals surface area contributed by atoms with E-state index in [0.717, 1.165) is 6.08 Å². The van der Waals surface area contributed by atoms with Gasteiger partial charge in [0, 0.05) is 12.5 Å². The Morgan fingerprint density at radius 1 is 1.38 bits per heavy atom. The van der Waals surface area contributed by atoms with E-state index in [1.165, 1.54) is 18.2 Å². The predicted octanol–water partition coefficient (Wildman–Crippen LogP) is 2.08. The monoisotopic (exact) mass is 220 g/mol. The number of hydrogen-bond donors (Lipinski definition) is 2. The van der Waals surface area contributed by atoms with Crippen molar-refractivity contribution in [2.45, 2.75) is 13.3 Å². The number of carboxylic acids is 1. The van der Waals surface area contributed by atoms with Crippen LogP contribution in [-0.4, -0.2) is 22.0 Å². The first-order valence-electron chi connectivity index (χ1n) is 4.81. The highest BCUT2D eigenvalue weighted by Crippen LogP contribution is 2.20. The molecule has 0 heterocycles. The number of carbonyl (C=O) groups excluding carboxylic acids is 1. The Balaban J connectivity index is 3.07. The number of benzene rings is 1. The van der Waals surface area contributed by atoms with Gasteiger partial charge in [-0.1, -0.05) is 13.0 Å². The average molecular weight is 220 g/mol. The lowest BCUT2D eigenvalue weighted by atomic mass is 10.0. The van der Waals surface area contributed by atoms with E-state index in [9.17, 15) is 14.7 Å². The largest absolute Gasteiger partial charge is 0.507 e. The molecule has 0 fully saturated rings. The van der Waals surface area contributed by atoms with Crippen molar-refractivity contribution in [2.24, 2.45) is 0 Å². The second-order valence-electron chi connectivity index (χ2n) is 3.22. The van der Waals surface area contributed by atoms with Crippen molar-refractivity contribution in [1.29, 1.82) is 0 Å². The van der Waals surface area contributed by atoms with Crippen LogP contribution in [0.15, 0.2) is 24.3 Å². The Morgan fingerprint density at radius 2 is 2.06 bits per heavy atom. The minimum Gasteiger partial charge on any atom is -0.507 e. The van der Waals surface area contributed by atoms with E-state index in [0.29, 0.717) is 12.0 Å². The van der Waals surface area contributed by atoms with Gasteiger partial charge >= 0.3 is 5.97 Å². The molecule has 0 aliphatic rings. The maximum absolute atomic E-state index is 11.4. The van der Waals surface area contributed by atoms with Crippen LogP contribution in [0.4, 0.5) is 0 Å². The summed E-state index contributed by atoms with van der Waals surface area (Å²) in [6, 6.07) is 4.40. The molecule has 0 atom stereocenters. The summed E-state index contributed by atoms with van der Waals surface area (Å²) in [5.41, 5.74) is 0.784. The molecule has 1 aromatic rings. The molecule has 0 aliphatic carbocycles. The van der Waals surface area contributed by atoms with Gasteiger partial charge in [-0.25, -0.2) is 4.79 Å². The van der Waals surface area contributed by atoms with Gasteiger partial charge in [-0.2, -0.15) is 0 Å². The molecule has 0 unspecified atom stereocenters. The number of phenols is 1. The van der Waals surface area contributed by atoms with E-state index in [4.69, 9.17) is 5.11 Å². The maximum atomic E-state index is 11.4. The molecule has 0 aromatic heterocycles. The van der Waals surface area contributed by atoms with Crippen molar-refractivity contribution in [3.05, 3.63) is 35.4 Å². The quantitative estimate of drug-likeness (QED) is 0.601. The number of carboxylic acid groups (broad SMARTS) is 1. The van der Waals surface area contributed by atoms with Gasteiger partial charge in [0.2, 0.25) is 0 Å². The first-order chi connectivity index (χ1) is 7.54. The Labute approximate surface area is 92.8 Å². The molecule has 4 heteroatoms. The molecule has 0 radical (unpaired) electrons. The van der Waals surface area contributed by atoms with Crippen LogP contribution in [0.2, 0.25) is 0 Å². The summed E-state index contributed by atoms with van der Waals surface area (Å²) in [5.74, 6) is -1.32. The third-order valence-electron chi connectivity index (χ3n) is 2.06. The molecule has 1 rings (SSSR count). The van der Waals surface area contributed by atoms with Crippen LogP contribution in [-0.2, 0) is 4.79 Å². The molecular weight excluding hydrogens is 208 g/mol. The number of rotatable bonds is 4. The molecule has 0 saturated heterocycles. The second-order valence-corrected chi connectivity index (χ2v) is 3.22. The number of aromatic hydroxyl groups is 1. The smallest absolute Gasteiger partial charge is 0.328 e. The molecule has 0 amide bonds. The zero-order valence-corrected chi connectivity index (χ0v) is 8.80. The lowest BCUT2D eigenvalue weighted by Crippen LogP contribution is -1.97.